The standard InChI is InChI=1S/C20H13BrN2O4/c21-15-4-2-1-3-12(15)10-23-20(25)14-9-13-16(26-19(14)22)7-5-11-6-8-17(24)27-18(11)13/h1-9,22H,10H2,(H,23,25). The van der Waals surface area contributed by atoms with E-state index in [1.807, 2.05) is 24.3 Å². The number of hydrogen-bond acceptors (Lipinski definition) is 5. The zero-order valence-electron chi connectivity index (χ0n) is 13.9. The minimum absolute atomic E-state index is 0.0635. The molecule has 2 aromatic heterocycles. The van der Waals surface area contributed by atoms with E-state index in [4.69, 9.17) is 14.2 Å². The van der Waals surface area contributed by atoms with Crippen molar-refractivity contribution in [1.82, 2.24) is 5.32 Å². The van der Waals surface area contributed by atoms with Crippen molar-refractivity contribution in [3.8, 4) is 0 Å². The number of amides is 1. The van der Waals surface area contributed by atoms with Gasteiger partial charge in [-0.1, -0.05) is 34.1 Å². The molecule has 0 saturated heterocycles. The molecule has 4 rings (SSSR count). The number of rotatable bonds is 3. The molecule has 0 atom stereocenters. The summed E-state index contributed by atoms with van der Waals surface area (Å²) in [6, 6.07) is 15.4. The first-order valence-electron chi connectivity index (χ1n) is 8.10. The van der Waals surface area contributed by atoms with Gasteiger partial charge in [0.25, 0.3) is 5.91 Å². The largest absolute Gasteiger partial charge is 0.438 e. The van der Waals surface area contributed by atoms with Crippen LogP contribution < -0.4 is 16.5 Å². The molecule has 0 saturated carbocycles. The van der Waals surface area contributed by atoms with Crippen molar-refractivity contribution in [3.05, 3.63) is 86.2 Å². The molecule has 4 aromatic rings. The van der Waals surface area contributed by atoms with Crippen molar-refractivity contribution in [1.29, 1.82) is 5.41 Å². The van der Waals surface area contributed by atoms with Gasteiger partial charge in [-0.3, -0.25) is 10.2 Å². The summed E-state index contributed by atoms with van der Waals surface area (Å²) in [5, 5.41) is 12.0. The lowest BCUT2D eigenvalue weighted by Gasteiger charge is -2.08. The van der Waals surface area contributed by atoms with E-state index >= 15 is 0 Å². The van der Waals surface area contributed by atoms with Gasteiger partial charge < -0.3 is 14.2 Å². The summed E-state index contributed by atoms with van der Waals surface area (Å²) in [7, 11) is 0. The fourth-order valence-corrected chi connectivity index (χ4v) is 3.24. The Morgan fingerprint density at radius 2 is 1.85 bits per heavy atom. The van der Waals surface area contributed by atoms with Crippen LogP contribution in [0.3, 0.4) is 0 Å². The predicted molar refractivity (Wildman–Crippen MR) is 103 cm³/mol. The SMILES string of the molecule is N=c1oc2ccc3ccc(=O)oc3c2cc1C(=O)NCc1ccccc1Br. The molecule has 0 radical (unpaired) electrons. The topological polar surface area (TPSA) is 96.3 Å². The monoisotopic (exact) mass is 424 g/mol. The molecule has 0 aliphatic rings. The molecule has 0 bridgehead atoms. The highest BCUT2D eigenvalue weighted by molar-refractivity contribution is 9.10. The number of hydrogen-bond donors (Lipinski definition) is 2. The van der Waals surface area contributed by atoms with Gasteiger partial charge in [-0.2, -0.15) is 0 Å². The van der Waals surface area contributed by atoms with E-state index in [9.17, 15) is 9.59 Å². The van der Waals surface area contributed by atoms with Crippen molar-refractivity contribution >= 4 is 43.8 Å². The molecule has 2 N–H and O–H groups in total. The van der Waals surface area contributed by atoms with Gasteiger partial charge in [0, 0.05) is 22.5 Å². The Morgan fingerprint density at radius 3 is 2.67 bits per heavy atom. The maximum Gasteiger partial charge on any atom is 0.336 e. The van der Waals surface area contributed by atoms with Gasteiger partial charge in [-0.05, 0) is 35.9 Å². The van der Waals surface area contributed by atoms with E-state index in [-0.39, 0.29) is 11.1 Å². The van der Waals surface area contributed by atoms with E-state index in [1.54, 1.807) is 18.2 Å². The molecule has 27 heavy (non-hydrogen) atoms. The molecule has 2 heterocycles. The molecule has 0 fully saturated rings. The van der Waals surface area contributed by atoms with Crippen LogP contribution in [0.4, 0.5) is 0 Å². The van der Waals surface area contributed by atoms with Gasteiger partial charge >= 0.3 is 5.63 Å². The Labute approximate surface area is 161 Å². The highest BCUT2D eigenvalue weighted by atomic mass is 79.9. The van der Waals surface area contributed by atoms with Gasteiger partial charge in [-0.15, -0.1) is 0 Å². The maximum absolute atomic E-state index is 12.6. The van der Waals surface area contributed by atoms with Crippen LogP contribution >= 0.6 is 15.9 Å². The van der Waals surface area contributed by atoms with Crippen molar-refractivity contribution in [2.24, 2.45) is 0 Å². The van der Waals surface area contributed by atoms with Crippen LogP contribution in [-0.2, 0) is 6.54 Å². The minimum Gasteiger partial charge on any atom is -0.438 e. The van der Waals surface area contributed by atoms with Gasteiger partial charge in [0.2, 0.25) is 5.55 Å². The van der Waals surface area contributed by atoms with Crippen LogP contribution in [0.2, 0.25) is 0 Å². The summed E-state index contributed by atoms with van der Waals surface area (Å²) >= 11 is 3.43. The molecule has 0 aliphatic carbocycles. The highest BCUT2D eigenvalue weighted by Crippen LogP contribution is 2.24. The van der Waals surface area contributed by atoms with Gasteiger partial charge in [-0.25, -0.2) is 4.79 Å². The summed E-state index contributed by atoms with van der Waals surface area (Å²) in [5.74, 6) is -0.448. The van der Waals surface area contributed by atoms with Gasteiger partial charge in [0.15, 0.2) is 0 Å². The zero-order valence-corrected chi connectivity index (χ0v) is 15.5. The van der Waals surface area contributed by atoms with Gasteiger partial charge in [0.1, 0.15) is 16.7 Å². The Hall–Kier alpha value is -3.19. The minimum atomic E-state index is -0.495. The first-order valence-corrected chi connectivity index (χ1v) is 8.89. The van der Waals surface area contributed by atoms with Crippen molar-refractivity contribution in [3.63, 3.8) is 0 Å². The lowest BCUT2D eigenvalue weighted by Crippen LogP contribution is -2.28. The van der Waals surface area contributed by atoms with Crippen molar-refractivity contribution < 1.29 is 13.6 Å². The Bertz CT molecular complexity index is 1310. The average Bonchev–Trinajstić information content (AvgIpc) is 2.66. The lowest BCUT2D eigenvalue weighted by molar-refractivity contribution is 0.0946. The maximum atomic E-state index is 12.6. The van der Waals surface area contributed by atoms with Crippen LogP contribution in [0.5, 0.6) is 0 Å². The second-order valence-corrected chi connectivity index (χ2v) is 6.77. The molecule has 2 aromatic carbocycles. The average molecular weight is 425 g/mol. The lowest BCUT2D eigenvalue weighted by atomic mass is 10.1. The molecule has 0 unspecified atom stereocenters. The number of fused-ring (bicyclic) bond motifs is 3. The zero-order chi connectivity index (χ0) is 19.0. The second kappa shape index (κ2) is 6.85. The molecule has 0 aliphatic heterocycles. The molecule has 134 valence electrons. The van der Waals surface area contributed by atoms with Crippen molar-refractivity contribution in [2.75, 3.05) is 0 Å². The second-order valence-electron chi connectivity index (χ2n) is 5.91. The van der Waals surface area contributed by atoms with E-state index in [0.717, 1.165) is 10.0 Å². The Morgan fingerprint density at radius 1 is 1.07 bits per heavy atom. The molecule has 0 spiro atoms. The van der Waals surface area contributed by atoms with Gasteiger partial charge in [0.05, 0.1) is 5.39 Å². The smallest absolute Gasteiger partial charge is 0.336 e. The Balaban J connectivity index is 1.75. The number of carbonyl (C=O) groups is 1. The summed E-state index contributed by atoms with van der Waals surface area (Å²) in [6.45, 7) is 0.294. The van der Waals surface area contributed by atoms with Crippen LogP contribution in [0, 0.1) is 5.41 Å². The fraction of sp³-hybridized carbons (Fsp3) is 0.0500. The fourth-order valence-electron chi connectivity index (χ4n) is 2.82. The first kappa shape index (κ1) is 17.2. The van der Waals surface area contributed by atoms with Crippen LogP contribution in [0.15, 0.2) is 72.7 Å². The normalized spacial score (nSPS) is 11.0. The summed E-state index contributed by atoms with van der Waals surface area (Å²) < 4.78 is 11.6. The third kappa shape index (κ3) is 3.29. The van der Waals surface area contributed by atoms with Crippen molar-refractivity contribution in [2.45, 2.75) is 6.54 Å². The molecule has 1 amide bonds. The van der Waals surface area contributed by atoms with E-state index in [0.29, 0.717) is 28.5 Å². The van der Waals surface area contributed by atoms with E-state index < -0.39 is 11.5 Å². The quantitative estimate of drug-likeness (QED) is 0.386. The third-order valence-electron chi connectivity index (χ3n) is 4.18. The molecular weight excluding hydrogens is 412 g/mol. The molecular formula is C20H13BrN2O4. The number of halogens is 1. The first-order chi connectivity index (χ1) is 13.0. The predicted octanol–water partition coefficient (Wildman–Crippen LogP) is 3.71. The summed E-state index contributed by atoms with van der Waals surface area (Å²) in [5.41, 5.74) is 0.905. The van der Waals surface area contributed by atoms with E-state index in [2.05, 4.69) is 21.2 Å². The van der Waals surface area contributed by atoms with Crippen LogP contribution in [0.1, 0.15) is 15.9 Å². The summed E-state index contributed by atoms with van der Waals surface area (Å²) in [4.78, 5) is 24.2. The number of carbonyl (C=O) groups excluding carboxylic acids is 1. The third-order valence-corrected chi connectivity index (χ3v) is 4.95. The van der Waals surface area contributed by atoms with E-state index in [1.165, 1.54) is 12.1 Å². The number of benzene rings is 2. The molecule has 7 heteroatoms. The highest BCUT2D eigenvalue weighted by Gasteiger charge is 2.14. The summed E-state index contributed by atoms with van der Waals surface area (Å²) in [6.07, 6.45) is 0. The Kier molecular flexibility index (Phi) is 4.37. The van der Waals surface area contributed by atoms with Crippen LogP contribution in [-0.4, -0.2) is 5.91 Å². The number of nitrogens with one attached hydrogen (secondary N) is 2. The van der Waals surface area contributed by atoms with Crippen LogP contribution in [0.25, 0.3) is 21.9 Å². The molecule has 6 nitrogen and oxygen atoms in total.